The van der Waals surface area contributed by atoms with Crippen LogP contribution in [-0.4, -0.2) is 29.0 Å². The molecular formula is C12H24N2S. The molecule has 1 aliphatic rings. The maximum Gasteiger partial charge on any atom is 0.0740 e. The molecule has 0 radical (unpaired) electrons. The van der Waals surface area contributed by atoms with Crippen molar-refractivity contribution >= 4 is 17.2 Å². The van der Waals surface area contributed by atoms with Crippen LogP contribution >= 0.6 is 12.2 Å². The molecule has 0 aromatic heterocycles. The molecule has 0 amide bonds. The van der Waals surface area contributed by atoms with Gasteiger partial charge in [-0.1, -0.05) is 38.9 Å². The molecule has 0 aliphatic heterocycles. The third-order valence-corrected chi connectivity index (χ3v) is 3.29. The van der Waals surface area contributed by atoms with Crippen LogP contribution < -0.4 is 5.73 Å². The summed E-state index contributed by atoms with van der Waals surface area (Å²) in [5.41, 5.74) is 5.58. The number of hydrogen-bond acceptors (Lipinski definition) is 2. The predicted molar refractivity (Wildman–Crippen MR) is 70.1 cm³/mol. The summed E-state index contributed by atoms with van der Waals surface area (Å²) in [7, 11) is 0. The van der Waals surface area contributed by atoms with Gasteiger partial charge in [-0.3, -0.25) is 4.90 Å². The molecule has 88 valence electrons. The first-order valence-corrected chi connectivity index (χ1v) is 6.52. The van der Waals surface area contributed by atoms with Crippen LogP contribution in [0.5, 0.6) is 0 Å². The van der Waals surface area contributed by atoms with Crippen molar-refractivity contribution in [3.8, 4) is 0 Å². The normalized spacial score (nSPS) is 17.9. The van der Waals surface area contributed by atoms with Crippen molar-refractivity contribution in [3.63, 3.8) is 0 Å². The summed E-state index contributed by atoms with van der Waals surface area (Å²) in [4.78, 5) is 3.25. The lowest BCUT2D eigenvalue weighted by molar-refractivity contribution is 0.182. The molecule has 0 bridgehead atoms. The maximum atomic E-state index is 5.58. The lowest BCUT2D eigenvalue weighted by atomic mass is 10.1. The fraction of sp³-hybridized carbons (Fsp3) is 0.917. The molecule has 1 saturated carbocycles. The zero-order chi connectivity index (χ0) is 11.3. The second kappa shape index (κ2) is 6.44. The van der Waals surface area contributed by atoms with E-state index in [-0.39, 0.29) is 0 Å². The van der Waals surface area contributed by atoms with Crippen molar-refractivity contribution in [2.75, 3.05) is 13.1 Å². The van der Waals surface area contributed by atoms with Crippen molar-refractivity contribution in [1.82, 2.24) is 4.90 Å². The van der Waals surface area contributed by atoms with E-state index >= 15 is 0 Å². The van der Waals surface area contributed by atoms with E-state index in [1.165, 1.54) is 32.2 Å². The van der Waals surface area contributed by atoms with Crippen LogP contribution in [-0.2, 0) is 0 Å². The van der Waals surface area contributed by atoms with Gasteiger partial charge in [-0.2, -0.15) is 0 Å². The van der Waals surface area contributed by atoms with Gasteiger partial charge in [0.25, 0.3) is 0 Å². The molecule has 2 nitrogen and oxygen atoms in total. The van der Waals surface area contributed by atoms with Gasteiger partial charge in [-0.15, -0.1) is 0 Å². The first-order valence-electron chi connectivity index (χ1n) is 6.12. The average Bonchev–Trinajstić information content (AvgIpc) is 2.63. The summed E-state index contributed by atoms with van der Waals surface area (Å²) in [6.07, 6.45) is 6.39. The Hall–Kier alpha value is -0.150. The van der Waals surface area contributed by atoms with E-state index < -0.39 is 0 Å². The highest BCUT2D eigenvalue weighted by Crippen LogP contribution is 2.24. The van der Waals surface area contributed by atoms with E-state index in [0.29, 0.717) is 4.99 Å². The van der Waals surface area contributed by atoms with E-state index in [9.17, 15) is 0 Å². The molecule has 0 aromatic carbocycles. The van der Waals surface area contributed by atoms with Crippen molar-refractivity contribution in [2.24, 2.45) is 11.7 Å². The summed E-state index contributed by atoms with van der Waals surface area (Å²) in [5, 5.41) is 0. The largest absolute Gasteiger partial charge is 0.393 e. The molecule has 15 heavy (non-hydrogen) atoms. The number of nitrogens with zero attached hydrogens (tertiary/aromatic N) is 1. The average molecular weight is 228 g/mol. The predicted octanol–water partition coefficient (Wildman–Crippen LogP) is 2.56. The van der Waals surface area contributed by atoms with Gasteiger partial charge in [0.1, 0.15) is 0 Å². The second-order valence-electron chi connectivity index (χ2n) is 5.04. The summed E-state index contributed by atoms with van der Waals surface area (Å²) in [5.74, 6) is 0.733. The summed E-state index contributed by atoms with van der Waals surface area (Å²) >= 11 is 4.95. The first kappa shape index (κ1) is 12.9. The van der Waals surface area contributed by atoms with Crippen molar-refractivity contribution in [3.05, 3.63) is 0 Å². The van der Waals surface area contributed by atoms with Gasteiger partial charge in [-0.25, -0.2) is 0 Å². The van der Waals surface area contributed by atoms with Gasteiger partial charge in [0.05, 0.1) is 4.99 Å². The van der Waals surface area contributed by atoms with Gasteiger partial charge >= 0.3 is 0 Å². The lowest BCUT2D eigenvalue weighted by Gasteiger charge is -2.30. The van der Waals surface area contributed by atoms with Gasteiger partial charge in [-0.05, 0) is 18.8 Å². The highest BCUT2D eigenvalue weighted by atomic mass is 32.1. The number of rotatable bonds is 6. The highest BCUT2D eigenvalue weighted by molar-refractivity contribution is 7.80. The number of nitrogens with two attached hydrogens (primary N) is 1. The molecule has 0 unspecified atom stereocenters. The molecule has 1 fully saturated rings. The Bertz CT molecular complexity index is 198. The van der Waals surface area contributed by atoms with Crippen LogP contribution in [0.3, 0.4) is 0 Å². The molecule has 0 aromatic rings. The van der Waals surface area contributed by atoms with Crippen LogP contribution in [0.15, 0.2) is 0 Å². The van der Waals surface area contributed by atoms with Crippen LogP contribution in [0.25, 0.3) is 0 Å². The van der Waals surface area contributed by atoms with Crippen molar-refractivity contribution < 1.29 is 0 Å². The van der Waals surface area contributed by atoms with Crippen molar-refractivity contribution in [1.29, 1.82) is 0 Å². The Morgan fingerprint density at radius 2 is 2.00 bits per heavy atom. The first-order chi connectivity index (χ1) is 7.09. The number of thiocarbonyl (C=S) groups is 1. The zero-order valence-electron chi connectivity index (χ0n) is 10.0. The van der Waals surface area contributed by atoms with Crippen LogP contribution in [0.4, 0.5) is 0 Å². The summed E-state index contributed by atoms with van der Waals surface area (Å²) in [6, 6.07) is 0.793. The van der Waals surface area contributed by atoms with E-state index in [0.717, 1.165) is 24.9 Å². The monoisotopic (exact) mass is 228 g/mol. The number of hydrogen-bond donors (Lipinski definition) is 1. The third-order valence-electron chi connectivity index (χ3n) is 3.09. The molecule has 1 aliphatic carbocycles. The lowest BCUT2D eigenvalue weighted by Crippen LogP contribution is -2.38. The fourth-order valence-corrected chi connectivity index (χ4v) is 2.51. The topological polar surface area (TPSA) is 29.3 Å². The summed E-state index contributed by atoms with van der Waals surface area (Å²) < 4.78 is 0. The minimum atomic E-state index is 0.654. The minimum absolute atomic E-state index is 0.654. The van der Waals surface area contributed by atoms with Crippen LogP contribution in [0.2, 0.25) is 0 Å². The quantitative estimate of drug-likeness (QED) is 0.709. The Morgan fingerprint density at radius 3 is 2.47 bits per heavy atom. The minimum Gasteiger partial charge on any atom is -0.393 e. The van der Waals surface area contributed by atoms with Gasteiger partial charge in [0, 0.05) is 25.6 Å². The second-order valence-corrected chi connectivity index (χ2v) is 5.57. The maximum absolute atomic E-state index is 5.58. The Morgan fingerprint density at radius 1 is 1.40 bits per heavy atom. The fourth-order valence-electron chi connectivity index (χ4n) is 2.42. The standard InChI is InChI=1S/C12H24N2S/c1-10(2)9-14(8-7-12(13)15)11-5-3-4-6-11/h10-11H,3-9H2,1-2H3,(H2,13,15). The molecule has 2 N–H and O–H groups in total. The molecule has 0 heterocycles. The Balaban J connectivity index is 2.40. The Kier molecular flexibility index (Phi) is 5.54. The van der Waals surface area contributed by atoms with Gasteiger partial charge in [0.2, 0.25) is 0 Å². The van der Waals surface area contributed by atoms with E-state index in [2.05, 4.69) is 18.7 Å². The SMILES string of the molecule is CC(C)CN(CCC(N)=S)C1CCCC1. The molecule has 0 atom stereocenters. The Labute approximate surface area is 99.2 Å². The zero-order valence-corrected chi connectivity index (χ0v) is 10.9. The van der Waals surface area contributed by atoms with E-state index in [1.807, 2.05) is 0 Å². The van der Waals surface area contributed by atoms with E-state index in [1.54, 1.807) is 0 Å². The van der Waals surface area contributed by atoms with Crippen LogP contribution in [0, 0.1) is 5.92 Å². The van der Waals surface area contributed by atoms with E-state index in [4.69, 9.17) is 18.0 Å². The molecule has 0 spiro atoms. The molecular weight excluding hydrogens is 204 g/mol. The third kappa shape index (κ3) is 4.94. The molecule has 1 rings (SSSR count). The van der Waals surface area contributed by atoms with Gasteiger partial charge in [0.15, 0.2) is 0 Å². The molecule has 0 saturated heterocycles. The highest BCUT2D eigenvalue weighted by Gasteiger charge is 2.22. The van der Waals surface area contributed by atoms with Gasteiger partial charge < -0.3 is 5.73 Å². The van der Waals surface area contributed by atoms with Crippen molar-refractivity contribution in [2.45, 2.75) is 52.0 Å². The summed E-state index contributed by atoms with van der Waals surface area (Å²) in [6.45, 7) is 6.80. The van der Waals surface area contributed by atoms with Crippen LogP contribution in [0.1, 0.15) is 46.0 Å². The smallest absolute Gasteiger partial charge is 0.0740 e. The molecule has 3 heteroatoms.